The molecule has 1 amide bonds. The molecule has 5 nitrogen and oxygen atoms in total. The van der Waals surface area contributed by atoms with Gasteiger partial charge in [-0.25, -0.2) is 0 Å². The Morgan fingerprint density at radius 2 is 2.17 bits per heavy atom. The number of nitrogens with two attached hydrogens (primary N) is 1. The van der Waals surface area contributed by atoms with Crippen LogP contribution >= 0.6 is 0 Å². The Hall–Kier alpha value is -0.650. The number of fused-ring (bicyclic) bond motifs is 1. The quantitative estimate of drug-likeness (QED) is 0.715. The molecule has 1 aliphatic carbocycles. The second kappa shape index (κ2) is 6.50. The number of rotatable bonds is 5. The molecular formula is C13H24N2O3. The fourth-order valence-corrected chi connectivity index (χ4v) is 3.11. The van der Waals surface area contributed by atoms with Crippen LogP contribution in [0.4, 0.5) is 0 Å². The van der Waals surface area contributed by atoms with Gasteiger partial charge >= 0.3 is 0 Å². The maximum absolute atomic E-state index is 12.0. The second-order valence-electron chi connectivity index (χ2n) is 5.36. The van der Waals surface area contributed by atoms with Gasteiger partial charge < -0.3 is 20.1 Å². The van der Waals surface area contributed by atoms with Crippen molar-refractivity contribution in [2.75, 3.05) is 40.0 Å². The van der Waals surface area contributed by atoms with Crippen LogP contribution in [0.3, 0.4) is 0 Å². The third-order valence-corrected chi connectivity index (χ3v) is 4.16. The van der Waals surface area contributed by atoms with Crippen molar-refractivity contribution >= 4 is 5.91 Å². The smallest absolute Gasteiger partial charge is 0.248 e. The Morgan fingerprint density at radius 1 is 1.33 bits per heavy atom. The zero-order valence-corrected chi connectivity index (χ0v) is 11.1. The van der Waals surface area contributed by atoms with Gasteiger partial charge in [0.15, 0.2) is 0 Å². The molecular weight excluding hydrogens is 232 g/mol. The summed E-state index contributed by atoms with van der Waals surface area (Å²) in [6.07, 6.45) is 3.52. The number of methoxy groups -OCH3 is 1. The van der Waals surface area contributed by atoms with Gasteiger partial charge in [0.25, 0.3) is 0 Å². The van der Waals surface area contributed by atoms with Crippen molar-refractivity contribution in [3.63, 3.8) is 0 Å². The summed E-state index contributed by atoms with van der Waals surface area (Å²) in [4.78, 5) is 13.9. The van der Waals surface area contributed by atoms with Crippen LogP contribution in [0.5, 0.6) is 0 Å². The summed E-state index contributed by atoms with van der Waals surface area (Å²) in [5, 5.41) is 0. The molecule has 0 aromatic rings. The van der Waals surface area contributed by atoms with Crippen molar-refractivity contribution in [1.82, 2.24) is 4.90 Å². The molecule has 1 saturated heterocycles. The van der Waals surface area contributed by atoms with Crippen LogP contribution in [0.2, 0.25) is 0 Å². The number of hydrogen-bond acceptors (Lipinski definition) is 4. The predicted molar refractivity (Wildman–Crippen MR) is 68.1 cm³/mol. The first kappa shape index (κ1) is 13.8. The third-order valence-electron chi connectivity index (χ3n) is 4.16. The largest absolute Gasteiger partial charge is 0.382 e. The standard InChI is InChI=1S/C13H24N2O3/c1-17-5-6-18-9-13(16)15-7-10-3-2-4-12(14)11(10)8-15/h10-12H,2-9,14H2,1H3. The number of nitrogens with zero attached hydrogens (tertiary/aromatic N) is 1. The maximum atomic E-state index is 12.0. The molecule has 0 bridgehead atoms. The first-order valence-corrected chi connectivity index (χ1v) is 6.82. The summed E-state index contributed by atoms with van der Waals surface area (Å²) < 4.78 is 10.2. The highest BCUT2D eigenvalue weighted by Gasteiger charge is 2.40. The first-order valence-electron chi connectivity index (χ1n) is 6.82. The molecule has 3 atom stereocenters. The van der Waals surface area contributed by atoms with Gasteiger partial charge in [0.05, 0.1) is 13.2 Å². The van der Waals surface area contributed by atoms with Crippen LogP contribution < -0.4 is 5.73 Å². The highest BCUT2D eigenvalue weighted by molar-refractivity contribution is 5.77. The van der Waals surface area contributed by atoms with Crippen molar-refractivity contribution in [3.8, 4) is 0 Å². The van der Waals surface area contributed by atoms with Crippen LogP contribution in [0.15, 0.2) is 0 Å². The van der Waals surface area contributed by atoms with Gasteiger partial charge in [0, 0.05) is 26.2 Å². The zero-order valence-electron chi connectivity index (χ0n) is 11.1. The van der Waals surface area contributed by atoms with Gasteiger partial charge in [-0.1, -0.05) is 6.42 Å². The van der Waals surface area contributed by atoms with Crippen molar-refractivity contribution in [2.24, 2.45) is 17.6 Å². The molecule has 1 heterocycles. The highest BCUT2D eigenvalue weighted by atomic mass is 16.5. The van der Waals surface area contributed by atoms with E-state index in [2.05, 4.69) is 0 Å². The van der Waals surface area contributed by atoms with E-state index in [1.165, 1.54) is 12.8 Å². The Balaban J connectivity index is 1.75. The Morgan fingerprint density at radius 3 is 2.89 bits per heavy atom. The number of carbonyl (C=O) groups is 1. The van der Waals surface area contributed by atoms with E-state index in [-0.39, 0.29) is 18.6 Å². The van der Waals surface area contributed by atoms with Crippen molar-refractivity contribution < 1.29 is 14.3 Å². The normalized spacial score (nSPS) is 31.4. The topological polar surface area (TPSA) is 64.8 Å². The van der Waals surface area contributed by atoms with Crippen LogP contribution in [0, 0.1) is 11.8 Å². The number of likely N-dealkylation sites (tertiary alicyclic amines) is 1. The summed E-state index contributed by atoms with van der Waals surface area (Å²) in [7, 11) is 1.62. The second-order valence-corrected chi connectivity index (χ2v) is 5.36. The molecule has 18 heavy (non-hydrogen) atoms. The molecule has 2 N–H and O–H groups in total. The van der Waals surface area contributed by atoms with E-state index in [1.54, 1.807) is 7.11 Å². The molecule has 2 aliphatic rings. The third kappa shape index (κ3) is 3.22. The Labute approximate surface area is 109 Å². The molecule has 1 aliphatic heterocycles. The van der Waals surface area contributed by atoms with E-state index in [1.807, 2.05) is 4.90 Å². The monoisotopic (exact) mass is 256 g/mol. The molecule has 104 valence electrons. The van der Waals surface area contributed by atoms with Gasteiger partial charge in [0.1, 0.15) is 6.61 Å². The summed E-state index contributed by atoms with van der Waals surface area (Å²) >= 11 is 0. The molecule has 1 saturated carbocycles. The van der Waals surface area contributed by atoms with Crippen LogP contribution in [0.25, 0.3) is 0 Å². The van der Waals surface area contributed by atoms with Gasteiger partial charge in [-0.05, 0) is 24.7 Å². The zero-order chi connectivity index (χ0) is 13.0. The maximum Gasteiger partial charge on any atom is 0.248 e. The van der Waals surface area contributed by atoms with E-state index in [9.17, 15) is 4.79 Å². The lowest BCUT2D eigenvalue weighted by Crippen LogP contribution is -2.38. The minimum atomic E-state index is 0.0905. The number of amides is 1. The molecule has 5 heteroatoms. The fraction of sp³-hybridized carbons (Fsp3) is 0.923. The fourth-order valence-electron chi connectivity index (χ4n) is 3.11. The van der Waals surface area contributed by atoms with E-state index in [0.717, 1.165) is 19.5 Å². The SMILES string of the molecule is COCCOCC(=O)N1CC2CCCC(N)C2C1. The summed E-state index contributed by atoms with van der Waals surface area (Å²) in [6, 6.07) is 0.274. The van der Waals surface area contributed by atoms with Crippen molar-refractivity contribution in [2.45, 2.75) is 25.3 Å². The van der Waals surface area contributed by atoms with Crippen molar-refractivity contribution in [3.05, 3.63) is 0 Å². The highest BCUT2D eigenvalue weighted by Crippen LogP contribution is 2.35. The summed E-state index contributed by atoms with van der Waals surface area (Å²) in [5.41, 5.74) is 6.14. The van der Waals surface area contributed by atoms with Gasteiger partial charge in [0.2, 0.25) is 5.91 Å². The minimum Gasteiger partial charge on any atom is -0.382 e. The number of carbonyl (C=O) groups excluding carboxylic acids is 1. The Bertz CT molecular complexity index is 285. The van der Waals surface area contributed by atoms with Gasteiger partial charge in [-0.15, -0.1) is 0 Å². The van der Waals surface area contributed by atoms with E-state index in [0.29, 0.717) is 25.0 Å². The van der Waals surface area contributed by atoms with Crippen LogP contribution in [0.1, 0.15) is 19.3 Å². The molecule has 3 unspecified atom stereocenters. The molecule has 2 rings (SSSR count). The average molecular weight is 256 g/mol. The lowest BCUT2D eigenvalue weighted by molar-refractivity contribution is -0.135. The van der Waals surface area contributed by atoms with E-state index < -0.39 is 0 Å². The first-order chi connectivity index (χ1) is 8.72. The van der Waals surface area contributed by atoms with Crippen LogP contribution in [-0.2, 0) is 14.3 Å². The number of ether oxygens (including phenoxy) is 2. The van der Waals surface area contributed by atoms with Crippen LogP contribution in [-0.4, -0.2) is 56.9 Å². The number of hydrogen-bond donors (Lipinski definition) is 1. The van der Waals surface area contributed by atoms with Crippen molar-refractivity contribution in [1.29, 1.82) is 0 Å². The molecule has 0 spiro atoms. The Kier molecular flexibility index (Phi) is 4.97. The molecule has 0 radical (unpaired) electrons. The molecule has 0 aromatic heterocycles. The molecule has 2 fully saturated rings. The average Bonchev–Trinajstić information content (AvgIpc) is 2.80. The summed E-state index contributed by atoms with van der Waals surface area (Å²) in [6.45, 7) is 2.85. The van der Waals surface area contributed by atoms with Gasteiger partial charge in [-0.3, -0.25) is 4.79 Å². The van der Waals surface area contributed by atoms with E-state index in [4.69, 9.17) is 15.2 Å². The van der Waals surface area contributed by atoms with Gasteiger partial charge in [-0.2, -0.15) is 0 Å². The lowest BCUT2D eigenvalue weighted by Gasteiger charge is -2.29. The minimum absolute atomic E-state index is 0.0905. The van der Waals surface area contributed by atoms with E-state index >= 15 is 0 Å². The summed E-state index contributed by atoms with van der Waals surface area (Å²) in [5.74, 6) is 1.20. The lowest BCUT2D eigenvalue weighted by atomic mass is 9.78. The molecule has 0 aromatic carbocycles. The predicted octanol–water partition coefficient (Wildman–Crippen LogP) is 0.235.